The lowest BCUT2D eigenvalue weighted by molar-refractivity contribution is -0.149. The SMILES string of the molecule is COC(=O)C(C)(C)NC(=O)[C@H]1C[C@@H](O)CN1C(=O)OC(C)(C)C. The molecule has 8 heteroatoms. The van der Waals surface area contributed by atoms with Gasteiger partial charge in [-0.3, -0.25) is 9.69 Å². The molecule has 1 aliphatic rings. The summed E-state index contributed by atoms with van der Waals surface area (Å²) in [7, 11) is 1.22. The van der Waals surface area contributed by atoms with Crippen LogP contribution in [0.15, 0.2) is 0 Å². The molecule has 0 radical (unpaired) electrons. The largest absolute Gasteiger partial charge is 0.467 e. The summed E-state index contributed by atoms with van der Waals surface area (Å²) in [6.07, 6.45) is -1.41. The first kappa shape index (κ1) is 19.2. The fourth-order valence-electron chi connectivity index (χ4n) is 2.28. The van der Waals surface area contributed by atoms with Crippen molar-refractivity contribution in [1.29, 1.82) is 0 Å². The Morgan fingerprint density at radius 1 is 1.17 bits per heavy atom. The molecule has 1 heterocycles. The fraction of sp³-hybridized carbons (Fsp3) is 0.800. The third-order valence-corrected chi connectivity index (χ3v) is 3.34. The van der Waals surface area contributed by atoms with Crippen molar-refractivity contribution < 1.29 is 29.0 Å². The monoisotopic (exact) mass is 330 g/mol. The lowest BCUT2D eigenvalue weighted by Gasteiger charge is -2.30. The number of carbonyl (C=O) groups excluding carboxylic acids is 3. The average molecular weight is 330 g/mol. The van der Waals surface area contributed by atoms with E-state index in [0.29, 0.717) is 0 Å². The van der Waals surface area contributed by atoms with Crippen LogP contribution in [-0.2, 0) is 19.1 Å². The zero-order chi connectivity index (χ0) is 18.0. The topological polar surface area (TPSA) is 105 Å². The van der Waals surface area contributed by atoms with Crippen molar-refractivity contribution >= 4 is 18.0 Å². The van der Waals surface area contributed by atoms with E-state index in [1.54, 1.807) is 20.8 Å². The van der Waals surface area contributed by atoms with Crippen LogP contribution in [0.5, 0.6) is 0 Å². The normalized spacial score (nSPS) is 21.8. The van der Waals surface area contributed by atoms with Crippen LogP contribution in [0.2, 0.25) is 0 Å². The van der Waals surface area contributed by atoms with Crippen molar-refractivity contribution in [2.75, 3.05) is 13.7 Å². The number of aliphatic hydroxyl groups is 1. The number of rotatable bonds is 3. The molecular weight excluding hydrogens is 304 g/mol. The highest BCUT2D eigenvalue weighted by Gasteiger charge is 2.43. The average Bonchev–Trinajstić information content (AvgIpc) is 2.77. The van der Waals surface area contributed by atoms with Gasteiger partial charge in [0.2, 0.25) is 5.91 Å². The number of esters is 1. The van der Waals surface area contributed by atoms with E-state index in [2.05, 4.69) is 10.1 Å². The highest BCUT2D eigenvalue weighted by Crippen LogP contribution is 2.22. The van der Waals surface area contributed by atoms with Crippen LogP contribution in [-0.4, -0.2) is 64.9 Å². The van der Waals surface area contributed by atoms with Crippen LogP contribution in [0, 0.1) is 0 Å². The van der Waals surface area contributed by atoms with Crippen LogP contribution >= 0.6 is 0 Å². The Hall–Kier alpha value is -1.83. The maximum atomic E-state index is 12.4. The van der Waals surface area contributed by atoms with E-state index >= 15 is 0 Å². The van der Waals surface area contributed by atoms with Crippen LogP contribution in [0.25, 0.3) is 0 Å². The zero-order valence-electron chi connectivity index (χ0n) is 14.5. The van der Waals surface area contributed by atoms with Gasteiger partial charge < -0.3 is 19.9 Å². The zero-order valence-corrected chi connectivity index (χ0v) is 14.5. The summed E-state index contributed by atoms with van der Waals surface area (Å²) < 4.78 is 9.88. The first-order chi connectivity index (χ1) is 10.4. The summed E-state index contributed by atoms with van der Waals surface area (Å²) >= 11 is 0. The Balaban J connectivity index is 2.85. The number of β-amino-alcohol motifs (C(OH)–C–C–N with tert-alkyl or cyclic N) is 1. The molecule has 132 valence electrons. The Kier molecular flexibility index (Phi) is 5.63. The van der Waals surface area contributed by atoms with Crippen molar-refractivity contribution in [3.8, 4) is 0 Å². The molecule has 2 amide bonds. The first-order valence-electron chi connectivity index (χ1n) is 7.45. The summed E-state index contributed by atoms with van der Waals surface area (Å²) in [4.78, 5) is 37.5. The highest BCUT2D eigenvalue weighted by molar-refractivity contribution is 5.91. The Bertz CT molecular complexity index is 483. The number of carbonyl (C=O) groups is 3. The van der Waals surface area contributed by atoms with Crippen molar-refractivity contribution in [2.45, 2.75) is 64.3 Å². The maximum Gasteiger partial charge on any atom is 0.411 e. The number of ether oxygens (including phenoxy) is 2. The molecule has 1 aliphatic heterocycles. The van der Waals surface area contributed by atoms with Gasteiger partial charge in [-0.15, -0.1) is 0 Å². The molecule has 0 spiro atoms. The van der Waals surface area contributed by atoms with Gasteiger partial charge >= 0.3 is 12.1 Å². The van der Waals surface area contributed by atoms with E-state index in [4.69, 9.17) is 4.74 Å². The number of aliphatic hydroxyl groups excluding tert-OH is 1. The summed E-state index contributed by atoms with van der Waals surface area (Å²) in [5.74, 6) is -1.14. The molecule has 0 aliphatic carbocycles. The lowest BCUT2D eigenvalue weighted by atomic mass is 10.0. The van der Waals surface area contributed by atoms with Gasteiger partial charge in [0.25, 0.3) is 0 Å². The van der Waals surface area contributed by atoms with Gasteiger partial charge in [-0.2, -0.15) is 0 Å². The lowest BCUT2D eigenvalue weighted by Crippen LogP contribution is -2.56. The molecule has 1 rings (SSSR count). The maximum absolute atomic E-state index is 12.4. The van der Waals surface area contributed by atoms with E-state index in [9.17, 15) is 19.5 Å². The minimum atomic E-state index is -1.24. The quantitative estimate of drug-likeness (QED) is 0.727. The van der Waals surface area contributed by atoms with Gasteiger partial charge in [-0.05, 0) is 34.6 Å². The molecular formula is C15H26N2O6. The Labute approximate surface area is 136 Å². The molecule has 1 fully saturated rings. The molecule has 1 saturated heterocycles. The van der Waals surface area contributed by atoms with Gasteiger partial charge in [0.05, 0.1) is 19.8 Å². The standard InChI is InChI=1S/C15H26N2O6/c1-14(2,3)23-13(21)17-8-9(18)7-10(17)11(19)16-15(4,5)12(20)22-6/h9-10,18H,7-8H2,1-6H3,(H,16,19)/t9-,10-/m1/s1. The number of methoxy groups -OCH3 is 1. The second kappa shape index (κ2) is 6.74. The predicted molar refractivity (Wildman–Crippen MR) is 81.6 cm³/mol. The van der Waals surface area contributed by atoms with Gasteiger partial charge in [-0.25, -0.2) is 9.59 Å². The Morgan fingerprint density at radius 3 is 2.22 bits per heavy atom. The van der Waals surface area contributed by atoms with Gasteiger partial charge in [0.1, 0.15) is 17.2 Å². The molecule has 0 aromatic carbocycles. The van der Waals surface area contributed by atoms with E-state index < -0.39 is 41.3 Å². The number of hydrogen-bond acceptors (Lipinski definition) is 6. The second-order valence-electron chi connectivity index (χ2n) is 7.14. The van der Waals surface area contributed by atoms with Crippen LogP contribution in [0.1, 0.15) is 41.0 Å². The van der Waals surface area contributed by atoms with Crippen molar-refractivity contribution in [3.63, 3.8) is 0 Å². The van der Waals surface area contributed by atoms with Crippen LogP contribution in [0.3, 0.4) is 0 Å². The van der Waals surface area contributed by atoms with Crippen LogP contribution < -0.4 is 5.32 Å². The number of nitrogens with one attached hydrogen (secondary N) is 1. The highest BCUT2D eigenvalue weighted by atomic mass is 16.6. The minimum Gasteiger partial charge on any atom is -0.467 e. The third-order valence-electron chi connectivity index (χ3n) is 3.34. The smallest absolute Gasteiger partial charge is 0.411 e. The fourth-order valence-corrected chi connectivity index (χ4v) is 2.28. The number of likely N-dealkylation sites (tertiary alicyclic amines) is 1. The molecule has 2 N–H and O–H groups in total. The molecule has 8 nitrogen and oxygen atoms in total. The van der Waals surface area contributed by atoms with Gasteiger partial charge in [0, 0.05) is 6.42 Å². The molecule has 0 aromatic heterocycles. The van der Waals surface area contributed by atoms with Crippen LogP contribution in [0.4, 0.5) is 4.79 Å². The van der Waals surface area contributed by atoms with Gasteiger partial charge in [-0.1, -0.05) is 0 Å². The molecule has 0 aromatic rings. The summed E-state index contributed by atoms with van der Waals surface area (Å²) in [6, 6.07) is -0.899. The number of amides is 2. The third kappa shape index (κ3) is 5.09. The molecule has 0 saturated carbocycles. The molecule has 2 atom stereocenters. The van der Waals surface area contributed by atoms with E-state index in [1.807, 2.05) is 0 Å². The summed E-state index contributed by atoms with van der Waals surface area (Å²) in [5, 5.41) is 12.3. The minimum absolute atomic E-state index is 0.00561. The summed E-state index contributed by atoms with van der Waals surface area (Å²) in [6.45, 7) is 8.15. The molecule has 0 bridgehead atoms. The van der Waals surface area contributed by atoms with E-state index in [-0.39, 0.29) is 13.0 Å². The molecule has 23 heavy (non-hydrogen) atoms. The van der Waals surface area contributed by atoms with Crippen molar-refractivity contribution in [1.82, 2.24) is 10.2 Å². The predicted octanol–water partition coefficient (Wildman–Crippen LogP) is 0.425. The summed E-state index contributed by atoms with van der Waals surface area (Å²) in [5.41, 5.74) is -1.95. The first-order valence-corrected chi connectivity index (χ1v) is 7.45. The molecule has 0 unspecified atom stereocenters. The number of hydrogen-bond donors (Lipinski definition) is 2. The van der Waals surface area contributed by atoms with Gasteiger partial charge in [0.15, 0.2) is 0 Å². The van der Waals surface area contributed by atoms with E-state index in [0.717, 1.165) is 0 Å². The van der Waals surface area contributed by atoms with Crippen molar-refractivity contribution in [2.24, 2.45) is 0 Å². The van der Waals surface area contributed by atoms with Crippen molar-refractivity contribution in [3.05, 3.63) is 0 Å². The van der Waals surface area contributed by atoms with E-state index in [1.165, 1.54) is 25.9 Å². The second-order valence-corrected chi connectivity index (χ2v) is 7.14. The number of nitrogens with zero attached hydrogens (tertiary/aromatic N) is 1. The Morgan fingerprint density at radius 2 is 1.74 bits per heavy atom.